The second-order valence-corrected chi connectivity index (χ2v) is 8.21. The molecule has 0 aliphatic rings. The molecule has 7 nitrogen and oxygen atoms in total. The van der Waals surface area contributed by atoms with E-state index in [9.17, 15) is 9.59 Å². The summed E-state index contributed by atoms with van der Waals surface area (Å²) in [6.07, 6.45) is 0.246. The molecule has 0 aliphatic carbocycles. The highest BCUT2D eigenvalue weighted by Gasteiger charge is 2.19. The van der Waals surface area contributed by atoms with E-state index >= 15 is 0 Å². The van der Waals surface area contributed by atoms with Crippen LogP contribution >= 0.6 is 11.3 Å². The van der Waals surface area contributed by atoms with Crippen molar-refractivity contribution in [3.8, 4) is 5.75 Å². The van der Waals surface area contributed by atoms with Crippen LogP contribution < -0.4 is 15.0 Å². The lowest BCUT2D eigenvalue weighted by molar-refractivity contribution is -0.857. The van der Waals surface area contributed by atoms with Crippen LogP contribution in [-0.4, -0.2) is 62.5 Å². The van der Waals surface area contributed by atoms with E-state index in [0.29, 0.717) is 11.7 Å². The number of methoxy groups -OCH3 is 1. The smallest absolute Gasteiger partial charge is 0.245 e. The quantitative estimate of drug-likeness (QED) is 0.651. The van der Waals surface area contributed by atoms with E-state index in [2.05, 4.69) is 10.3 Å². The highest BCUT2D eigenvalue weighted by Crippen LogP contribution is 2.21. The van der Waals surface area contributed by atoms with Crippen molar-refractivity contribution >= 4 is 28.3 Å². The maximum absolute atomic E-state index is 12.8. The first-order chi connectivity index (χ1) is 13.3. The van der Waals surface area contributed by atoms with Crippen LogP contribution in [0.2, 0.25) is 0 Å². The van der Waals surface area contributed by atoms with Crippen LogP contribution in [0, 0.1) is 13.8 Å². The molecule has 0 aliphatic heterocycles. The fraction of sp³-hybridized carbons (Fsp3) is 0.450. The number of nitrogens with one attached hydrogen (secondary N) is 2. The summed E-state index contributed by atoms with van der Waals surface area (Å²) in [5.74, 6) is 0.441. The summed E-state index contributed by atoms with van der Waals surface area (Å²) in [6, 6.07) is 7.40. The van der Waals surface area contributed by atoms with Gasteiger partial charge in [0.05, 0.1) is 46.4 Å². The maximum atomic E-state index is 12.8. The van der Waals surface area contributed by atoms with Crippen molar-refractivity contribution in [1.82, 2.24) is 9.88 Å². The van der Waals surface area contributed by atoms with E-state index in [1.807, 2.05) is 52.2 Å². The molecule has 0 saturated carbocycles. The predicted molar refractivity (Wildman–Crippen MR) is 111 cm³/mol. The Morgan fingerprint density at radius 1 is 1.21 bits per heavy atom. The van der Waals surface area contributed by atoms with Crippen LogP contribution in [0.15, 0.2) is 24.3 Å². The van der Waals surface area contributed by atoms with E-state index in [0.717, 1.165) is 28.4 Å². The van der Waals surface area contributed by atoms with Gasteiger partial charge in [-0.25, -0.2) is 4.98 Å². The molecular weight excluding hydrogens is 376 g/mol. The number of hydrogen-bond acceptors (Lipinski definition) is 5. The van der Waals surface area contributed by atoms with Gasteiger partial charge in [-0.1, -0.05) is 12.1 Å². The number of rotatable bonds is 9. The molecule has 1 aromatic heterocycles. The molecule has 2 N–H and O–H groups in total. The first-order valence-corrected chi connectivity index (χ1v) is 10.0. The van der Waals surface area contributed by atoms with E-state index < -0.39 is 0 Å². The minimum Gasteiger partial charge on any atom is -0.497 e. The lowest BCUT2D eigenvalue weighted by Crippen LogP contribution is -3.06. The van der Waals surface area contributed by atoms with Crippen molar-refractivity contribution < 1.29 is 19.2 Å². The number of carbonyl (C=O) groups is 2. The number of amides is 2. The molecule has 0 saturated heterocycles. The molecule has 0 unspecified atom stereocenters. The van der Waals surface area contributed by atoms with Gasteiger partial charge >= 0.3 is 0 Å². The number of carbonyl (C=O) groups excluding carboxylic acids is 2. The third-order valence-corrected chi connectivity index (χ3v) is 5.35. The maximum Gasteiger partial charge on any atom is 0.245 e. The van der Waals surface area contributed by atoms with Gasteiger partial charge in [-0.15, -0.1) is 11.3 Å². The zero-order valence-electron chi connectivity index (χ0n) is 17.2. The van der Waals surface area contributed by atoms with Gasteiger partial charge in [-0.3, -0.25) is 9.59 Å². The van der Waals surface area contributed by atoms with Gasteiger partial charge in [0.25, 0.3) is 0 Å². The normalized spacial score (nSPS) is 10.8. The molecule has 0 radical (unpaired) electrons. The first-order valence-electron chi connectivity index (χ1n) is 9.22. The number of aromatic nitrogens is 1. The minimum absolute atomic E-state index is 0.0138. The van der Waals surface area contributed by atoms with Crippen molar-refractivity contribution in [2.24, 2.45) is 0 Å². The molecule has 1 aromatic carbocycles. The lowest BCUT2D eigenvalue weighted by Gasteiger charge is -2.22. The number of hydrogen-bond donors (Lipinski definition) is 2. The Morgan fingerprint density at radius 3 is 2.43 bits per heavy atom. The average molecular weight is 406 g/mol. The fourth-order valence-electron chi connectivity index (χ4n) is 2.54. The van der Waals surface area contributed by atoms with Crippen LogP contribution in [0.25, 0.3) is 0 Å². The zero-order chi connectivity index (χ0) is 20.7. The van der Waals surface area contributed by atoms with Crippen molar-refractivity contribution in [2.45, 2.75) is 20.3 Å². The average Bonchev–Trinajstić information content (AvgIpc) is 2.96. The standard InChI is InChI=1S/C20H28N4O3S/c1-14-15(2)28-20(21-14)22-18(25)13-24(11-10-23(3)4)19(26)12-16-6-8-17(27-5)9-7-16/h6-9H,10-13H2,1-5H3,(H,21,22,25)/p+1. The Labute approximate surface area is 170 Å². The third-order valence-electron chi connectivity index (χ3n) is 4.36. The lowest BCUT2D eigenvalue weighted by atomic mass is 10.1. The van der Waals surface area contributed by atoms with Crippen LogP contribution in [0.5, 0.6) is 5.75 Å². The number of anilines is 1. The fourth-order valence-corrected chi connectivity index (χ4v) is 3.37. The highest BCUT2D eigenvalue weighted by molar-refractivity contribution is 7.15. The zero-order valence-corrected chi connectivity index (χ0v) is 18.0. The molecule has 0 atom stereocenters. The molecule has 152 valence electrons. The molecule has 2 rings (SSSR count). The molecule has 1 heterocycles. The van der Waals surface area contributed by atoms with Gasteiger partial charge in [0.15, 0.2) is 5.13 Å². The van der Waals surface area contributed by atoms with Gasteiger partial charge in [0.1, 0.15) is 12.3 Å². The Bertz CT molecular complexity index is 783. The number of benzene rings is 1. The monoisotopic (exact) mass is 405 g/mol. The summed E-state index contributed by atoms with van der Waals surface area (Å²) in [5.41, 5.74) is 1.79. The van der Waals surface area contributed by atoms with Crippen LogP contribution in [0.3, 0.4) is 0 Å². The summed E-state index contributed by atoms with van der Waals surface area (Å²) >= 11 is 1.44. The molecule has 0 fully saturated rings. The highest BCUT2D eigenvalue weighted by atomic mass is 32.1. The molecule has 8 heteroatoms. The Morgan fingerprint density at radius 2 is 1.89 bits per heavy atom. The summed E-state index contributed by atoms with van der Waals surface area (Å²) in [7, 11) is 5.65. The van der Waals surface area contributed by atoms with Gasteiger partial charge in [0.2, 0.25) is 11.8 Å². The Balaban J connectivity index is 2.02. The van der Waals surface area contributed by atoms with Crippen molar-refractivity contribution in [1.29, 1.82) is 0 Å². The van der Waals surface area contributed by atoms with E-state index in [-0.39, 0.29) is 24.8 Å². The number of nitrogens with zero attached hydrogens (tertiary/aromatic N) is 2. The first kappa shape index (κ1) is 21.8. The largest absolute Gasteiger partial charge is 0.497 e. The summed E-state index contributed by atoms with van der Waals surface area (Å²) in [6.45, 7) is 5.16. The number of likely N-dealkylation sites (N-methyl/N-ethyl adjacent to an activating group) is 1. The van der Waals surface area contributed by atoms with Crippen LogP contribution in [0.1, 0.15) is 16.1 Å². The molecule has 2 amide bonds. The van der Waals surface area contributed by atoms with Gasteiger partial charge < -0.3 is 19.9 Å². The Hall–Kier alpha value is -2.45. The van der Waals surface area contributed by atoms with Crippen LogP contribution in [-0.2, 0) is 16.0 Å². The van der Waals surface area contributed by atoms with E-state index in [1.165, 1.54) is 16.2 Å². The van der Waals surface area contributed by atoms with E-state index in [1.54, 1.807) is 12.0 Å². The number of ether oxygens (including phenoxy) is 1. The molecule has 0 spiro atoms. The minimum atomic E-state index is -0.231. The topological polar surface area (TPSA) is 76.0 Å². The van der Waals surface area contributed by atoms with Gasteiger partial charge in [-0.2, -0.15) is 0 Å². The number of thiazole rings is 1. The van der Waals surface area contributed by atoms with Gasteiger partial charge in [0, 0.05) is 4.88 Å². The Kier molecular flexibility index (Phi) is 7.95. The molecular formula is C20H29N4O3S+. The summed E-state index contributed by atoms with van der Waals surface area (Å²) < 4.78 is 5.15. The van der Waals surface area contributed by atoms with Crippen molar-refractivity contribution in [2.75, 3.05) is 46.2 Å². The second-order valence-electron chi connectivity index (χ2n) is 7.01. The second kappa shape index (κ2) is 10.2. The van der Waals surface area contributed by atoms with Crippen LogP contribution in [0.4, 0.5) is 5.13 Å². The molecule has 28 heavy (non-hydrogen) atoms. The third kappa shape index (κ3) is 6.61. The number of quaternary nitrogens is 1. The molecule has 0 bridgehead atoms. The molecule has 2 aromatic rings. The van der Waals surface area contributed by atoms with Crippen molar-refractivity contribution in [3.63, 3.8) is 0 Å². The summed E-state index contributed by atoms with van der Waals surface area (Å²) in [4.78, 5) is 33.5. The van der Waals surface area contributed by atoms with Crippen molar-refractivity contribution in [3.05, 3.63) is 40.4 Å². The SMILES string of the molecule is COc1ccc(CC(=O)N(CC[NH+](C)C)CC(=O)Nc2nc(C)c(C)s2)cc1. The van der Waals surface area contributed by atoms with Gasteiger partial charge in [-0.05, 0) is 31.5 Å². The number of aryl methyl sites for hydroxylation is 2. The van der Waals surface area contributed by atoms with E-state index in [4.69, 9.17) is 4.74 Å². The predicted octanol–water partition coefficient (Wildman–Crippen LogP) is 0.923. The summed E-state index contributed by atoms with van der Waals surface area (Å²) in [5, 5.41) is 3.38.